The first-order valence-corrected chi connectivity index (χ1v) is 6.15. The number of nitrogens with zero attached hydrogens (tertiary/aromatic N) is 3. The van der Waals surface area contributed by atoms with Crippen molar-refractivity contribution in [3.05, 3.63) is 40.3 Å². The Balaban J connectivity index is 2.01. The van der Waals surface area contributed by atoms with E-state index in [1.54, 1.807) is 0 Å². The molecule has 1 aromatic carbocycles. The largest absolute Gasteiger partial charge is 0.490 e. The maximum absolute atomic E-state index is 8.27. The first kappa shape index (κ1) is 11.8. The summed E-state index contributed by atoms with van der Waals surface area (Å²) in [7, 11) is 0. The topological polar surface area (TPSA) is 58.0 Å². The number of benzene rings is 1. The minimum atomic E-state index is 0.371. The van der Waals surface area contributed by atoms with Gasteiger partial charge < -0.3 is 4.74 Å². The average molecular weight is 231 g/mol. The highest BCUT2D eigenvalue weighted by molar-refractivity contribution is 5.33. The van der Waals surface area contributed by atoms with Gasteiger partial charge in [0.15, 0.2) is 0 Å². The Hall–Kier alpha value is -1.67. The number of hydrogen-bond acceptors (Lipinski definition) is 2. The molecule has 1 fully saturated rings. The smallest absolute Gasteiger partial charge is 0.122 e. The summed E-state index contributed by atoms with van der Waals surface area (Å²) in [4.78, 5) is 2.77. The molecule has 4 nitrogen and oxygen atoms in total. The van der Waals surface area contributed by atoms with Gasteiger partial charge >= 0.3 is 0 Å². The van der Waals surface area contributed by atoms with Crippen molar-refractivity contribution in [1.29, 1.82) is 0 Å². The Morgan fingerprint density at radius 1 is 1.29 bits per heavy atom. The molecule has 17 heavy (non-hydrogen) atoms. The number of para-hydroxylation sites is 1. The maximum atomic E-state index is 8.27. The zero-order chi connectivity index (χ0) is 11.9. The van der Waals surface area contributed by atoms with Crippen LogP contribution in [0, 0.1) is 0 Å². The second-order valence-corrected chi connectivity index (χ2v) is 4.34. The molecule has 0 unspecified atom stereocenters. The summed E-state index contributed by atoms with van der Waals surface area (Å²) in [5, 5.41) is 3.57. The van der Waals surface area contributed by atoms with Crippen LogP contribution in [0.1, 0.15) is 31.2 Å². The van der Waals surface area contributed by atoms with Crippen molar-refractivity contribution < 1.29 is 4.74 Å². The van der Waals surface area contributed by atoms with E-state index in [9.17, 15) is 0 Å². The molecule has 0 heterocycles. The quantitative estimate of drug-likeness (QED) is 0.431. The highest BCUT2D eigenvalue weighted by atomic mass is 16.5. The van der Waals surface area contributed by atoms with Crippen molar-refractivity contribution in [1.82, 2.24) is 0 Å². The number of azide groups is 1. The molecule has 0 radical (unpaired) electrons. The monoisotopic (exact) mass is 231 g/mol. The van der Waals surface area contributed by atoms with E-state index in [4.69, 9.17) is 10.3 Å². The third-order valence-corrected chi connectivity index (χ3v) is 3.11. The second kappa shape index (κ2) is 6.16. The molecule has 90 valence electrons. The molecule has 0 aliphatic heterocycles. The van der Waals surface area contributed by atoms with Gasteiger partial charge in [-0.25, -0.2) is 0 Å². The van der Waals surface area contributed by atoms with Crippen LogP contribution in [0.15, 0.2) is 29.4 Å². The molecule has 0 N–H and O–H groups in total. The minimum Gasteiger partial charge on any atom is -0.490 e. The van der Waals surface area contributed by atoms with Crippen molar-refractivity contribution in [2.45, 2.75) is 38.2 Å². The van der Waals surface area contributed by atoms with Gasteiger partial charge in [-0.1, -0.05) is 23.3 Å². The molecule has 1 aliphatic carbocycles. The van der Waals surface area contributed by atoms with Gasteiger partial charge in [-0.15, -0.1) is 0 Å². The summed E-state index contributed by atoms with van der Waals surface area (Å²) in [6, 6.07) is 8.02. The summed E-state index contributed by atoms with van der Waals surface area (Å²) >= 11 is 0. The van der Waals surface area contributed by atoms with Gasteiger partial charge in [0.2, 0.25) is 0 Å². The second-order valence-electron chi connectivity index (χ2n) is 4.34. The first-order chi connectivity index (χ1) is 8.40. The van der Waals surface area contributed by atoms with Gasteiger partial charge in [0.1, 0.15) is 5.75 Å². The first-order valence-electron chi connectivity index (χ1n) is 6.15. The van der Waals surface area contributed by atoms with Crippen LogP contribution in [0.5, 0.6) is 5.75 Å². The lowest BCUT2D eigenvalue weighted by molar-refractivity contribution is 0.208. The summed E-state index contributed by atoms with van der Waals surface area (Å²) in [5.41, 5.74) is 9.40. The van der Waals surface area contributed by atoms with Gasteiger partial charge in [0.25, 0.3) is 0 Å². The van der Waals surface area contributed by atoms with E-state index in [1.807, 2.05) is 24.3 Å². The normalized spacial score (nSPS) is 15.5. The molecule has 0 spiro atoms. The third kappa shape index (κ3) is 3.40. The Morgan fingerprint density at radius 3 is 2.82 bits per heavy atom. The van der Waals surface area contributed by atoms with E-state index in [0.717, 1.165) is 30.6 Å². The van der Waals surface area contributed by atoms with Crippen LogP contribution in [0.2, 0.25) is 0 Å². The van der Waals surface area contributed by atoms with E-state index in [0.29, 0.717) is 12.6 Å². The molecule has 0 amide bonds. The van der Waals surface area contributed by atoms with Crippen molar-refractivity contribution in [2.24, 2.45) is 5.11 Å². The molecule has 0 atom stereocenters. The Labute approximate surface area is 101 Å². The zero-order valence-electron chi connectivity index (χ0n) is 9.88. The molecular formula is C13H17N3O. The average Bonchev–Trinajstić information content (AvgIpc) is 2.84. The lowest BCUT2D eigenvalue weighted by Crippen LogP contribution is -2.12. The summed E-state index contributed by atoms with van der Waals surface area (Å²) in [5.74, 6) is 0.951. The molecule has 0 bridgehead atoms. The number of rotatable bonds is 5. The third-order valence-electron chi connectivity index (χ3n) is 3.11. The lowest BCUT2D eigenvalue weighted by atomic mass is 10.1. The zero-order valence-corrected chi connectivity index (χ0v) is 9.88. The van der Waals surface area contributed by atoms with Gasteiger partial charge in [0, 0.05) is 11.5 Å². The lowest BCUT2D eigenvalue weighted by Gasteiger charge is -2.16. The minimum absolute atomic E-state index is 0.371. The summed E-state index contributed by atoms with van der Waals surface area (Å²) in [6.45, 7) is 0.488. The van der Waals surface area contributed by atoms with E-state index in [2.05, 4.69) is 10.0 Å². The van der Waals surface area contributed by atoms with Gasteiger partial charge in [-0.05, 0) is 49.3 Å². The summed E-state index contributed by atoms with van der Waals surface area (Å²) in [6.07, 6.45) is 5.97. The predicted octanol–water partition coefficient (Wildman–Crippen LogP) is 3.86. The van der Waals surface area contributed by atoms with Crippen molar-refractivity contribution in [3.63, 3.8) is 0 Å². The van der Waals surface area contributed by atoms with Crippen LogP contribution in [-0.2, 0) is 6.42 Å². The molecule has 4 heteroatoms. The fourth-order valence-electron chi connectivity index (χ4n) is 2.23. The van der Waals surface area contributed by atoms with Crippen molar-refractivity contribution >= 4 is 0 Å². The predicted molar refractivity (Wildman–Crippen MR) is 67.0 cm³/mol. The van der Waals surface area contributed by atoms with E-state index in [1.165, 1.54) is 12.8 Å². The molecule has 0 aromatic heterocycles. The number of hydrogen-bond donors (Lipinski definition) is 0. The Bertz CT molecular complexity index is 407. The SMILES string of the molecule is [N-]=[N+]=NCCc1ccccc1OC1CCCC1. The van der Waals surface area contributed by atoms with Crippen LogP contribution < -0.4 is 4.74 Å². The number of ether oxygens (including phenoxy) is 1. The van der Waals surface area contributed by atoms with E-state index in [-0.39, 0.29) is 0 Å². The molecule has 1 aliphatic rings. The van der Waals surface area contributed by atoms with Crippen LogP contribution in [0.3, 0.4) is 0 Å². The van der Waals surface area contributed by atoms with Crippen molar-refractivity contribution in [2.75, 3.05) is 6.54 Å². The molecule has 1 saturated carbocycles. The van der Waals surface area contributed by atoms with E-state index < -0.39 is 0 Å². The van der Waals surface area contributed by atoms with Crippen LogP contribution >= 0.6 is 0 Å². The summed E-state index contributed by atoms with van der Waals surface area (Å²) < 4.78 is 6.00. The molecular weight excluding hydrogens is 214 g/mol. The van der Waals surface area contributed by atoms with E-state index >= 15 is 0 Å². The van der Waals surface area contributed by atoms with Crippen LogP contribution in [0.4, 0.5) is 0 Å². The van der Waals surface area contributed by atoms with Gasteiger partial charge in [0.05, 0.1) is 6.10 Å². The van der Waals surface area contributed by atoms with Gasteiger partial charge in [-0.3, -0.25) is 0 Å². The highest BCUT2D eigenvalue weighted by Crippen LogP contribution is 2.26. The Morgan fingerprint density at radius 2 is 2.06 bits per heavy atom. The Kier molecular flexibility index (Phi) is 4.28. The van der Waals surface area contributed by atoms with Crippen LogP contribution in [0.25, 0.3) is 10.4 Å². The molecule has 1 aromatic rings. The fraction of sp³-hybridized carbons (Fsp3) is 0.538. The van der Waals surface area contributed by atoms with Crippen LogP contribution in [-0.4, -0.2) is 12.6 Å². The molecule has 2 rings (SSSR count). The van der Waals surface area contributed by atoms with Crippen molar-refractivity contribution in [3.8, 4) is 5.75 Å². The van der Waals surface area contributed by atoms with Gasteiger partial charge in [-0.2, -0.15) is 0 Å². The highest BCUT2D eigenvalue weighted by Gasteiger charge is 2.17. The standard InChI is InChI=1S/C13H17N3O/c14-16-15-10-9-11-5-1-4-8-13(11)17-12-6-2-3-7-12/h1,4-5,8,12H,2-3,6-7,9-10H2. The maximum Gasteiger partial charge on any atom is 0.122 e. The fourth-order valence-corrected chi connectivity index (χ4v) is 2.23. The molecule has 0 saturated heterocycles.